The van der Waals surface area contributed by atoms with Gasteiger partial charge in [-0.3, -0.25) is 19.7 Å². The summed E-state index contributed by atoms with van der Waals surface area (Å²) >= 11 is 0. The minimum Gasteiger partial charge on any atom is -0.274 e. The lowest BCUT2D eigenvalue weighted by Gasteiger charge is -2.20. The van der Waals surface area contributed by atoms with Crippen molar-refractivity contribution in [2.45, 2.75) is 20.8 Å². The van der Waals surface area contributed by atoms with Crippen molar-refractivity contribution >= 4 is 28.8 Å². The topological polar surface area (TPSA) is 80.5 Å². The Kier molecular flexibility index (Phi) is 4.22. The molecule has 4 atom stereocenters. The molecule has 1 aliphatic heterocycles. The maximum atomic E-state index is 13.5. The Morgan fingerprint density at radius 3 is 2.03 bits per heavy atom. The van der Waals surface area contributed by atoms with E-state index in [0.717, 1.165) is 32.7 Å². The fraction of sp³-hybridized carbons (Fsp3) is 0.280. The summed E-state index contributed by atoms with van der Waals surface area (Å²) in [5.74, 6) is -1.98. The Hall–Kier alpha value is -3.54. The van der Waals surface area contributed by atoms with Crippen LogP contribution in [0.2, 0.25) is 0 Å². The molecule has 2 amide bonds. The number of allylic oxidation sites excluding steroid dienone is 4. The molecule has 156 valence electrons. The molecule has 2 fully saturated rings. The van der Waals surface area contributed by atoms with E-state index in [4.69, 9.17) is 0 Å². The highest BCUT2D eigenvalue weighted by atomic mass is 16.6. The molecule has 1 saturated carbocycles. The van der Waals surface area contributed by atoms with Crippen molar-refractivity contribution in [1.29, 1.82) is 0 Å². The van der Waals surface area contributed by atoms with E-state index in [9.17, 15) is 19.7 Å². The summed E-state index contributed by atoms with van der Waals surface area (Å²) in [6.45, 7) is 5.64. The fourth-order valence-electron chi connectivity index (χ4n) is 5.47. The van der Waals surface area contributed by atoms with Gasteiger partial charge in [0, 0.05) is 17.9 Å². The maximum absolute atomic E-state index is 13.5. The van der Waals surface area contributed by atoms with Crippen LogP contribution >= 0.6 is 0 Å². The molecule has 2 aliphatic carbocycles. The lowest BCUT2D eigenvalue weighted by Crippen LogP contribution is -2.34. The van der Waals surface area contributed by atoms with Crippen molar-refractivity contribution in [3.63, 3.8) is 0 Å². The SMILES string of the molecule is CC(=C1[C@H]2C=C[C@H]1[C@@H]1C(=O)N(c3cc(C)c(C)cc3[N+](=O)[O-])C(=O)[C@H]12)c1ccccc1. The monoisotopic (exact) mass is 414 g/mol. The van der Waals surface area contributed by atoms with Crippen molar-refractivity contribution in [2.24, 2.45) is 23.7 Å². The zero-order chi connectivity index (χ0) is 22.0. The van der Waals surface area contributed by atoms with Crippen LogP contribution in [-0.4, -0.2) is 16.7 Å². The summed E-state index contributed by atoms with van der Waals surface area (Å²) < 4.78 is 0. The predicted molar refractivity (Wildman–Crippen MR) is 117 cm³/mol. The molecule has 6 heteroatoms. The lowest BCUT2D eigenvalue weighted by atomic mass is 9.85. The van der Waals surface area contributed by atoms with Crippen molar-refractivity contribution in [1.82, 2.24) is 0 Å². The van der Waals surface area contributed by atoms with Gasteiger partial charge in [-0.05, 0) is 49.1 Å². The van der Waals surface area contributed by atoms with Crippen molar-refractivity contribution in [3.05, 3.63) is 87.0 Å². The zero-order valence-corrected chi connectivity index (χ0v) is 17.5. The summed E-state index contributed by atoms with van der Waals surface area (Å²) in [7, 11) is 0. The molecule has 0 unspecified atom stereocenters. The molecule has 2 aromatic carbocycles. The molecule has 2 aromatic rings. The van der Waals surface area contributed by atoms with E-state index in [0.29, 0.717) is 0 Å². The summed E-state index contributed by atoms with van der Waals surface area (Å²) in [4.78, 5) is 39.2. The molecule has 0 spiro atoms. The van der Waals surface area contributed by atoms with E-state index >= 15 is 0 Å². The van der Waals surface area contributed by atoms with E-state index in [1.165, 1.54) is 6.07 Å². The van der Waals surface area contributed by atoms with Crippen LogP contribution in [-0.2, 0) is 9.59 Å². The van der Waals surface area contributed by atoms with Gasteiger partial charge in [0.1, 0.15) is 5.69 Å². The number of nitro benzene ring substituents is 1. The molecule has 2 bridgehead atoms. The third-order valence-corrected chi connectivity index (χ3v) is 7.08. The number of carbonyl (C=O) groups excluding carboxylic acids is 2. The summed E-state index contributed by atoms with van der Waals surface area (Å²) in [6.07, 6.45) is 4.05. The van der Waals surface area contributed by atoms with Gasteiger partial charge >= 0.3 is 0 Å². The van der Waals surface area contributed by atoms with Crippen molar-refractivity contribution in [3.8, 4) is 0 Å². The Morgan fingerprint density at radius 1 is 0.935 bits per heavy atom. The average molecular weight is 414 g/mol. The van der Waals surface area contributed by atoms with E-state index < -0.39 is 16.8 Å². The van der Waals surface area contributed by atoms with Gasteiger partial charge in [0.25, 0.3) is 5.69 Å². The standard InChI is InChI=1S/C25H22N2O4/c1-13-11-19(20(27(30)31)12-14(13)2)26-24(28)22-17-9-10-18(23(22)25(26)29)21(17)15(3)16-7-5-4-6-8-16/h4-12,17-18,22-23H,1-3H3/t17-,18-,22+,23+/m1/s1. The van der Waals surface area contributed by atoms with Crippen LogP contribution in [0.5, 0.6) is 0 Å². The van der Waals surface area contributed by atoms with E-state index in [1.807, 2.05) is 56.3 Å². The van der Waals surface area contributed by atoms with E-state index in [2.05, 4.69) is 0 Å². The van der Waals surface area contributed by atoms with Gasteiger partial charge in [-0.15, -0.1) is 0 Å². The molecule has 0 N–H and O–H groups in total. The second-order valence-corrected chi connectivity index (χ2v) is 8.63. The number of nitro groups is 1. The highest BCUT2D eigenvalue weighted by molar-refractivity contribution is 6.24. The van der Waals surface area contributed by atoms with Crippen LogP contribution in [0.3, 0.4) is 0 Å². The van der Waals surface area contributed by atoms with Gasteiger partial charge in [0.2, 0.25) is 11.8 Å². The number of hydrogen-bond acceptors (Lipinski definition) is 4. The minimum atomic E-state index is -0.520. The number of carbonyl (C=O) groups is 2. The smallest absolute Gasteiger partial charge is 0.274 e. The lowest BCUT2D eigenvalue weighted by molar-refractivity contribution is -0.384. The molecular weight excluding hydrogens is 392 g/mol. The molecular formula is C25H22N2O4. The normalized spacial score (nSPS) is 26.0. The Morgan fingerprint density at radius 2 is 1.48 bits per heavy atom. The number of nitrogens with zero attached hydrogens (tertiary/aromatic N) is 2. The van der Waals surface area contributed by atoms with Gasteiger partial charge in [-0.25, -0.2) is 4.90 Å². The number of hydrogen-bond donors (Lipinski definition) is 0. The second-order valence-electron chi connectivity index (χ2n) is 8.63. The molecule has 1 heterocycles. The van der Waals surface area contributed by atoms with Crippen LogP contribution < -0.4 is 4.90 Å². The Bertz CT molecular complexity index is 1180. The molecule has 3 aliphatic rings. The fourth-order valence-corrected chi connectivity index (χ4v) is 5.47. The highest BCUT2D eigenvalue weighted by Gasteiger charge is 2.62. The number of anilines is 1. The molecule has 0 radical (unpaired) electrons. The van der Waals surface area contributed by atoms with Crippen molar-refractivity contribution in [2.75, 3.05) is 4.90 Å². The van der Waals surface area contributed by atoms with Crippen LogP contribution in [0.15, 0.2) is 60.2 Å². The van der Waals surface area contributed by atoms with Crippen LogP contribution in [0.25, 0.3) is 5.57 Å². The first-order valence-corrected chi connectivity index (χ1v) is 10.4. The zero-order valence-electron chi connectivity index (χ0n) is 17.5. The van der Waals surface area contributed by atoms with E-state index in [1.54, 1.807) is 13.0 Å². The number of rotatable bonds is 3. The summed E-state index contributed by atoms with van der Waals surface area (Å²) in [6, 6.07) is 13.0. The van der Waals surface area contributed by atoms with Crippen LogP contribution in [0.1, 0.15) is 23.6 Å². The Labute approximate surface area is 180 Å². The molecule has 6 nitrogen and oxygen atoms in total. The van der Waals surface area contributed by atoms with Gasteiger partial charge in [0.15, 0.2) is 0 Å². The van der Waals surface area contributed by atoms with Gasteiger partial charge in [-0.2, -0.15) is 0 Å². The third kappa shape index (κ3) is 2.64. The number of benzene rings is 2. The van der Waals surface area contributed by atoms with Gasteiger partial charge < -0.3 is 0 Å². The largest absolute Gasteiger partial charge is 0.293 e. The maximum Gasteiger partial charge on any atom is 0.293 e. The minimum absolute atomic E-state index is 0.0854. The quantitative estimate of drug-likeness (QED) is 0.318. The molecule has 31 heavy (non-hydrogen) atoms. The third-order valence-electron chi connectivity index (χ3n) is 7.08. The Balaban J connectivity index is 1.59. The molecule has 5 rings (SSSR count). The van der Waals surface area contributed by atoms with Gasteiger partial charge in [0.05, 0.1) is 16.8 Å². The highest BCUT2D eigenvalue weighted by Crippen LogP contribution is 2.58. The molecule has 0 aromatic heterocycles. The van der Waals surface area contributed by atoms with Crippen LogP contribution in [0.4, 0.5) is 11.4 Å². The van der Waals surface area contributed by atoms with Crippen molar-refractivity contribution < 1.29 is 14.5 Å². The first-order chi connectivity index (χ1) is 14.8. The van der Waals surface area contributed by atoms with E-state index in [-0.39, 0.29) is 35.0 Å². The summed E-state index contributed by atoms with van der Waals surface area (Å²) in [5, 5.41) is 11.7. The first kappa shape index (κ1) is 19.4. The number of aryl methyl sites for hydroxylation is 2. The number of imide groups is 1. The van der Waals surface area contributed by atoms with Crippen LogP contribution in [0, 0.1) is 47.6 Å². The number of fused-ring (bicyclic) bond motifs is 5. The number of amides is 2. The molecule has 1 saturated heterocycles. The summed E-state index contributed by atoms with van der Waals surface area (Å²) in [5.41, 5.74) is 4.73. The first-order valence-electron chi connectivity index (χ1n) is 10.4. The predicted octanol–water partition coefficient (Wildman–Crippen LogP) is 4.61. The van der Waals surface area contributed by atoms with Gasteiger partial charge in [-0.1, -0.05) is 48.1 Å². The second kappa shape index (κ2) is 6.74. The average Bonchev–Trinajstić information content (AvgIpc) is 3.39.